The monoisotopic (exact) mass is 436 g/mol. The van der Waals surface area contributed by atoms with Crippen LogP contribution in [-0.2, 0) is 16.0 Å². The van der Waals surface area contributed by atoms with Gasteiger partial charge in [-0.1, -0.05) is 6.07 Å². The quantitative estimate of drug-likeness (QED) is 0.605. The number of carbonyl (C=O) groups is 2. The Balaban J connectivity index is 1.49. The first kappa shape index (κ1) is 22.5. The van der Waals surface area contributed by atoms with E-state index in [9.17, 15) is 22.8 Å². The molecule has 2 aromatic rings. The minimum Gasteiger partial charge on any atom is -0.493 e. The summed E-state index contributed by atoms with van der Waals surface area (Å²) in [5, 5.41) is 5.60. The van der Waals surface area contributed by atoms with Gasteiger partial charge in [0.05, 0.1) is 7.11 Å². The van der Waals surface area contributed by atoms with E-state index in [0.29, 0.717) is 17.8 Å². The predicted molar refractivity (Wildman–Crippen MR) is 109 cm³/mol. The lowest BCUT2D eigenvalue weighted by molar-refractivity contribution is -0.153. The highest BCUT2D eigenvalue weighted by atomic mass is 19.4. The first-order valence-corrected chi connectivity index (χ1v) is 9.81. The Hall–Kier alpha value is -3.23. The van der Waals surface area contributed by atoms with Gasteiger partial charge in [0, 0.05) is 23.7 Å². The van der Waals surface area contributed by atoms with Gasteiger partial charge in [0.2, 0.25) is 11.8 Å². The molecule has 1 aliphatic rings. The number of hydrogen-bond donors (Lipinski definition) is 2. The largest absolute Gasteiger partial charge is 0.493 e. The van der Waals surface area contributed by atoms with Gasteiger partial charge in [-0.3, -0.25) is 9.59 Å². The van der Waals surface area contributed by atoms with E-state index in [4.69, 9.17) is 9.47 Å². The van der Waals surface area contributed by atoms with Crippen LogP contribution in [0.2, 0.25) is 0 Å². The number of aryl methyl sites for hydroxylation is 1. The van der Waals surface area contributed by atoms with Crippen molar-refractivity contribution in [3.8, 4) is 11.5 Å². The van der Waals surface area contributed by atoms with Crippen molar-refractivity contribution in [2.45, 2.75) is 31.9 Å². The van der Waals surface area contributed by atoms with Gasteiger partial charge < -0.3 is 20.1 Å². The summed E-state index contributed by atoms with van der Waals surface area (Å²) in [6.07, 6.45) is -2.05. The van der Waals surface area contributed by atoms with Gasteiger partial charge in [-0.05, 0) is 61.2 Å². The molecule has 0 aliphatic heterocycles. The lowest BCUT2D eigenvalue weighted by Crippen LogP contribution is -2.19. The molecular weight excluding hydrogens is 413 g/mol. The Morgan fingerprint density at radius 2 is 1.65 bits per heavy atom. The Morgan fingerprint density at radius 3 is 2.23 bits per heavy atom. The van der Waals surface area contributed by atoms with E-state index in [0.717, 1.165) is 18.4 Å². The molecule has 1 fully saturated rings. The maximum atomic E-state index is 12.3. The maximum Gasteiger partial charge on any atom is 0.422 e. The third-order valence-corrected chi connectivity index (χ3v) is 4.64. The number of amides is 2. The summed E-state index contributed by atoms with van der Waals surface area (Å²) < 4.78 is 46.8. The highest BCUT2D eigenvalue weighted by molar-refractivity contribution is 5.95. The van der Waals surface area contributed by atoms with E-state index >= 15 is 0 Å². The molecule has 2 amide bonds. The van der Waals surface area contributed by atoms with Crippen LogP contribution in [0.15, 0.2) is 42.5 Å². The third-order valence-electron chi connectivity index (χ3n) is 4.64. The number of carbonyl (C=O) groups excluding carboxylic acids is 2. The Labute approximate surface area is 177 Å². The number of halogens is 3. The number of rotatable bonds is 9. The van der Waals surface area contributed by atoms with Crippen LogP contribution in [0.1, 0.15) is 24.8 Å². The lowest BCUT2D eigenvalue weighted by Gasteiger charge is -2.13. The van der Waals surface area contributed by atoms with Crippen molar-refractivity contribution >= 4 is 23.2 Å². The summed E-state index contributed by atoms with van der Waals surface area (Å²) >= 11 is 0. The van der Waals surface area contributed by atoms with Crippen molar-refractivity contribution < 1.29 is 32.2 Å². The van der Waals surface area contributed by atoms with Crippen LogP contribution in [-0.4, -0.2) is 31.7 Å². The average Bonchev–Trinajstić information content (AvgIpc) is 3.57. The molecule has 31 heavy (non-hydrogen) atoms. The van der Waals surface area contributed by atoms with Gasteiger partial charge in [0.25, 0.3) is 0 Å². The second-order valence-corrected chi connectivity index (χ2v) is 7.28. The van der Waals surface area contributed by atoms with E-state index in [-0.39, 0.29) is 35.7 Å². The minimum atomic E-state index is -4.44. The highest BCUT2D eigenvalue weighted by Crippen LogP contribution is 2.31. The number of ether oxygens (including phenoxy) is 2. The Morgan fingerprint density at radius 1 is 1.00 bits per heavy atom. The molecule has 6 nitrogen and oxygen atoms in total. The summed E-state index contributed by atoms with van der Waals surface area (Å²) in [4.78, 5) is 24.0. The SMILES string of the molecule is COc1cc(CCC(=O)Nc2ccc(NC(=O)C3CC3)cc2)ccc1OCC(F)(F)F. The van der Waals surface area contributed by atoms with Crippen molar-refractivity contribution in [2.24, 2.45) is 5.92 Å². The molecule has 0 radical (unpaired) electrons. The molecule has 0 spiro atoms. The van der Waals surface area contributed by atoms with Crippen molar-refractivity contribution in [2.75, 3.05) is 24.4 Å². The molecule has 166 valence electrons. The van der Waals surface area contributed by atoms with E-state index < -0.39 is 12.8 Å². The molecule has 9 heteroatoms. The van der Waals surface area contributed by atoms with E-state index in [1.54, 1.807) is 36.4 Å². The molecule has 2 N–H and O–H groups in total. The van der Waals surface area contributed by atoms with Gasteiger partial charge in [-0.25, -0.2) is 0 Å². The standard InChI is InChI=1S/C22H23F3N2O4/c1-30-19-12-14(2-10-18(19)31-13-22(23,24)25)3-11-20(28)26-16-6-8-17(9-7-16)27-21(29)15-4-5-15/h2,6-10,12,15H,3-5,11,13H2,1H3,(H,26,28)(H,27,29). The van der Waals surface area contributed by atoms with E-state index in [1.807, 2.05) is 0 Å². The zero-order chi connectivity index (χ0) is 22.4. The number of benzene rings is 2. The smallest absolute Gasteiger partial charge is 0.422 e. The molecule has 1 aliphatic carbocycles. The summed E-state index contributed by atoms with van der Waals surface area (Å²) in [5.41, 5.74) is 2.00. The van der Waals surface area contributed by atoms with Crippen LogP contribution >= 0.6 is 0 Å². The Bertz CT molecular complexity index is 925. The fraction of sp³-hybridized carbons (Fsp3) is 0.364. The summed E-state index contributed by atoms with van der Waals surface area (Å²) in [6.45, 7) is -1.41. The van der Waals surface area contributed by atoms with Crippen LogP contribution < -0.4 is 20.1 Å². The van der Waals surface area contributed by atoms with E-state index in [2.05, 4.69) is 10.6 Å². The lowest BCUT2D eigenvalue weighted by atomic mass is 10.1. The van der Waals surface area contributed by atoms with Crippen molar-refractivity contribution in [3.05, 3.63) is 48.0 Å². The summed E-state index contributed by atoms with van der Waals surface area (Å²) in [7, 11) is 1.34. The van der Waals surface area contributed by atoms with Gasteiger partial charge in [0.1, 0.15) is 0 Å². The average molecular weight is 436 g/mol. The first-order chi connectivity index (χ1) is 14.7. The number of nitrogens with one attached hydrogen (secondary N) is 2. The molecule has 0 atom stereocenters. The van der Waals surface area contributed by atoms with Crippen molar-refractivity contribution in [1.82, 2.24) is 0 Å². The number of anilines is 2. The van der Waals surface area contributed by atoms with Crippen LogP contribution in [0.5, 0.6) is 11.5 Å². The van der Waals surface area contributed by atoms with Crippen LogP contribution in [0, 0.1) is 5.92 Å². The second-order valence-electron chi connectivity index (χ2n) is 7.28. The van der Waals surface area contributed by atoms with Crippen molar-refractivity contribution in [1.29, 1.82) is 0 Å². The molecule has 0 heterocycles. The Kier molecular flexibility index (Phi) is 7.04. The number of methoxy groups -OCH3 is 1. The molecular formula is C22H23F3N2O4. The van der Waals surface area contributed by atoms with Crippen LogP contribution in [0.4, 0.5) is 24.5 Å². The molecule has 2 aromatic carbocycles. The van der Waals surface area contributed by atoms with Gasteiger partial charge in [-0.15, -0.1) is 0 Å². The third kappa shape index (κ3) is 7.20. The zero-order valence-electron chi connectivity index (χ0n) is 16.9. The fourth-order valence-corrected chi connectivity index (χ4v) is 2.85. The normalized spacial score (nSPS) is 13.4. The molecule has 0 saturated heterocycles. The highest BCUT2D eigenvalue weighted by Gasteiger charge is 2.30. The number of alkyl halides is 3. The fourth-order valence-electron chi connectivity index (χ4n) is 2.85. The van der Waals surface area contributed by atoms with Crippen LogP contribution in [0.25, 0.3) is 0 Å². The number of hydrogen-bond acceptors (Lipinski definition) is 4. The molecule has 0 bridgehead atoms. The topological polar surface area (TPSA) is 76.7 Å². The maximum absolute atomic E-state index is 12.3. The van der Waals surface area contributed by atoms with Gasteiger partial charge >= 0.3 is 6.18 Å². The molecule has 0 unspecified atom stereocenters. The van der Waals surface area contributed by atoms with Gasteiger partial charge in [0.15, 0.2) is 18.1 Å². The zero-order valence-corrected chi connectivity index (χ0v) is 16.9. The first-order valence-electron chi connectivity index (χ1n) is 9.81. The second kappa shape index (κ2) is 9.72. The van der Waals surface area contributed by atoms with Crippen molar-refractivity contribution in [3.63, 3.8) is 0 Å². The minimum absolute atomic E-state index is 0.0121. The van der Waals surface area contributed by atoms with Crippen LogP contribution in [0.3, 0.4) is 0 Å². The molecule has 0 aromatic heterocycles. The summed E-state index contributed by atoms with van der Waals surface area (Å²) in [6, 6.07) is 11.4. The molecule has 1 saturated carbocycles. The predicted octanol–water partition coefficient (Wildman–Crippen LogP) is 4.56. The summed E-state index contributed by atoms with van der Waals surface area (Å²) in [5.74, 6) is 0.0734. The molecule has 3 rings (SSSR count). The van der Waals surface area contributed by atoms with E-state index in [1.165, 1.54) is 13.2 Å². The van der Waals surface area contributed by atoms with Gasteiger partial charge in [-0.2, -0.15) is 13.2 Å².